The van der Waals surface area contributed by atoms with E-state index >= 15 is 0 Å². The van der Waals surface area contributed by atoms with Gasteiger partial charge in [0.2, 0.25) is 0 Å². The lowest BCUT2D eigenvalue weighted by Gasteiger charge is -2.14. The Morgan fingerprint density at radius 3 is 2.35 bits per heavy atom. The number of carboxylic acids is 1. The molecule has 3 rings (SSSR count). The SMILES string of the molecule is Cc1nc2ccc(C(=O)O)cc2c(-c2c(F)cncc2F)c1C. The maximum atomic E-state index is 14.2. The highest BCUT2D eigenvalue weighted by molar-refractivity contribution is 6.01. The van der Waals surface area contributed by atoms with Crippen molar-refractivity contribution in [3.63, 3.8) is 0 Å². The molecule has 23 heavy (non-hydrogen) atoms. The van der Waals surface area contributed by atoms with Crippen molar-refractivity contribution < 1.29 is 18.7 Å². The van der Waals surface area contributed by atoms with Gasteiger partial charge in [-0.25, -0.2) is 13.6 Å². The Kier molecular flexibility index (Phi) is 3.52. The maximum absolute atomic E-state index is 14.2. The summed E-state index contributed by atoms with van der Waals surface area (Å²) in [6.45, 7) is 3.43. The Balaban J connectivity index is 2.49. The van der Waals surface area contributed by atoms with Crippen molar-refractivity contribution in [1.29, 1.82) is 0 Å². The lowest BCUT2D eigenvalue weighted by molar-refractivity contribution is 0.0697. The van der Waals surface area contributed by atoms with Crippen LogP contribution in [0.4, 0.5) is 8.78 Å². The highest BCUT2D eigenvalue weighted by Gasteiger charge is 2.20. The minimum atomic E-state index is -1.12. The molecular weight excluding hydrogens is 302 g/mol. The Hall–Kier alpha value is -2.89. The molecule has 0 atom stereocenters. The summed E-state index contributed by atoms with van der Waals surface area (Å²) in [5, 5.41) is 9.55. The van der Waals surface area contributed by atoms with Crippen LogP contribution in [0, 0.1) is 25.5 Å². The normalized spacial score (nSPS) is 11.0. The fourth-order valence-corrected chi connectivity index (χ4v) is 2.59. The predicted octanol–water partition coefficient (Wildman–Crippen LogP) is 3.89. The number of carboxylic acid groups (broad SMARTS) is 1. The van der Waals surface area contributed by atoms with Crippen LogP contribution in [0.25, 0.3) is 22.0 Å². The molecule has 6 heteroatoms. The number of fused-ring (bicyclic) bond motifs is 1. The van der Waals surface area contributed by atoms with Gasteiger partial charge in [0.25, 0.3) is 0 Å². The smallest absolute Gasteiger partial charge is 0.335 e. The van der Waals surface area contributed by atoms with E-state index in [2.05, 4.69) is 9.97 Å². The highest BCUT2D eigenvalue weighted by atomic mass is 19.1. The van der Waals surface area contributed by atoms with Crippen LogP contribution in [0.3, 0.4) is 0 Å². The van der Waals surface area contributed by atoms with Gasteiger partial charge in [-0.2, -0.15) is 0 Å². The van der Waals surface area contributed by atoms with Gasteiger partial charge in [0.05, 0.1) is 29.0 Å². The van der Waals surface area contributed by atoms with Crippen molar-refractivity contribution >= 4 is 16.9 Å². The molecule has 2 aromatic heterocycles. The first-order valence-electron chi connectivity index (χ1n) is 6.83. The van der Waals surface area contributed by atoms with Crippen LogP contribution in [-0.4, -0.2) is 21.0 Å². The monoisotopic (exact) mass is 314 g/mol. The summed E-state index contributed by atoms with van der Waals surface area (Å²) in [6.07, 6.45) is 1.86. The number of rotatable bonds is 2. The molecular formula is C17H12F2N2O2. The quantitative estimate of drug-likeness (QED) is 0.779. The highest BCUT2D eigenvalue weighted by Crippen LogP contribution is 2.35. The summed E-state index contributed by atoms with van der Waals surface area (Å²) in [5.41, 5.74) is 1.78. The number of nitrogens with zero attached hydrogens (tertiary/aromatic N) is 2. The summed E-state index contributed by atoms with van der Waals surface area (Å²) in [4.78, 5) is 19.1. The molecule has 0 saturated carbocycles. The molecule has 116 valence electrons. The Bertz CT molecular complexity index is 935. The zero-order valence-electron chi connectivity index (χ0n) is 12.4. The van der Waals surface area contributed by atoms with E-state index in [1.807, 2.05) is 0 Å². The minimum absolute atomic E-state index is 0.0266. The van der Waals surface area contributed by atoms with E-state index in [-0.39, 0.29) is 11.1 Å². The van der Waals surface area contributed by atoms with Crippen molar-refractivity contribution in [3.8, 4) is 11.1 Å². The average molecular weight is 314 g/mol. The van der Waals surface area contributed by atoms with Crippen molar-refractivity contribution in [2.24, 2.45) is 0 Å². The van der Waals surface area contributed by atoms with Gasteiger partial charge in [0.15, 0.2) is 11.6 Å². The molecule has 1 aromatic carbocycles. The Labute approximate surface area is 130 Å². The van der Waals surface area contributed by atoms with Crippen molar-refractivity contribution in [1.82, 2.24) is 9.97 Å². The molecule has 0 spiro atoms. The largest absolute Gasteiger partial charge is 0.478 e. The number of hydrogen-bond donors (Lipinski definition) is 1. The van der Waals surface area contributed by atoms with Crippen LogP contribution >= 0.6 is 0 Å². The minimum Gasteiger partial charge on any atom is -0.478 e. The lowest BCUT2D eigenvalue weighted by atomic mass is 9.94. The van der Waals surface area contributed by atoms with Gasteiger partial charge >= 0.3 is 5.97 Å². The molecule has 0 radical (unpaired) electrons. The van der Waals surface area contributed by atoms with Crippen LogP contribution in [0.5, 0.6) is 0 Å². The molecule has 0 aliphatic carbocycles. The van der Waals surface area contributed by atoms with Crippen molar-refractivity contribution in [3.05, 3.63) is 59.0 Å². The summed E-state index contributed by atoms with van der Waals surface area (Å²) >= 11 is 0. The predicted molar refractivity (Wildman–Crippen MR) is 81.3 cm³/mol. The second-order valence-corrected chi connectivity index (χ2v) is 5.21. The summed E-state index contributed by atoms with van der Waals surface area (Å²) in [5.74, 6) is -2.73. The third-order valence-electron chi connectivity index (χ3n) is 3.82. The van der Waals surface area contributed by atoms with E-state index in [1.165, 1.54) is 18.2 Å². The average Bonchev–Trinajstić information content (AvgIpc) is 2.50. The number of aromatic nitrogens is 2. The van der Waals surface area contributed by atoms with Crippen molar-refractivity contribution in [2.75, 3.05) is 0 Å². The number of aryl methyl sites for hydroxylation is 1. The molecule has 0 unspecified atom stereocenters. The van der Waals surface area contributed by atoms with E-state index < -0.39 is 17.6 Å². The summed E-state index contributed by atoms with van der Waals surface area (Å²) in [7, 11) is 0. The third-order valence-corrected chi connectivity index (χ3v) is 3.82. The fourth-order valence-electron chi connectivity index (χ4n) is 2.59. The molecule has 0 amide bonds. The number of hydrogen-bond acceptors (Lipinski definition) is 3. The van der Waals surface area contributed by atoms with E-state index in [9.17, 15) is 13.6 Å². The van der Waals surface area contributed by atoms with Crippen LogP contribution in [-0.2, 0) is 0 Å². The van der Waals surface area contributed by atoms with Gasteiger partial charge in [-0.1, -0.05) is 0 Å². The van der Waals surface area contributed by atoms with E-state index in [0.717, 1.165) is 12.4 Å². The molecule has 3 aromatic rings. The lowest BCUT2D eigenvalue weighted by Crippen LogP contribution is -2.01. The van der Waals surface area contributed by atoms with Gasteiger partial charge in [-0.15, -0.1) is 0 Å². The maximum Gasteiger partial charge on any atom is 0.335 e. The molecule has 1 N–H and O–H groups in total. The van der Waals surface area contributed by atoms with E-state index in [1.54, 1.807) is 13.8 Å². The molecule has 2 heterocycles. The second kappa shape index (κ2) is 5.39. The van der Waals surface area contributed by atoms with Gasteiger partial charge in [-0.05, 0) is 37.6 Å². The number of aromatic carboxylic acids is 1. The van der Waals surface area contributed by atoms with Crippen LogP contribution in [0.15, 0.2) is 30.6 Å². The Morgan fingerprint density at radius 2 is 1.74 bits per heavy atom. The third kappa shape index (κ3) is 2.42. The standard InChI is InChI=1S/C17H12F2N2O2/c1-8-9(2)21-14-4-3-10(17(22)23)5-11(14)15(8)16-12(18)6-20-7-13(16)19/h3-7H,1-2H3,(H,22,23). The second-order valence-electron chi connectivity index (χ2n) is 5.21. The number of carbonyl (C=O) groups is 1. The van der Waals surface area contributed by atoms with E-state index in [4.69, 9.17) is 5.11 Å². The first-order chi connectivity index (χ1) is 10.9. The van der Waals surface area contributed by atoms with Crippen LogP contribution in [0.2, 0.25) is 0 Å². The number of benzene rings is 1. The molecule has 0 fully saturated rings. The van der Waals surface area contributed by atoms with Gasteiger partial charge in [-0.3, -0.25) is 9.97 Å². The first kappa shape index (κ1) is 15.0. The van der Waals surface area contributed by atoms with Crippen LogP contribution in [0.1, 0.15) is 21.6 Å². The number of halogens is 2. The molecule has 0 aliphatic rings. The fraction of sp³-hybridized carbons (Fsp3) is 0.118. The van der Waals surface area contributed by atoms with Gasteiger partial charge in [0, 0.05) is 16.6 Å². The van der Waals surface area contributed by atoms with Gasteiger partial charge in [0.1, 0.15) is 0 Å². The van der Waals surface area contributed by atoms with Crippen molar-refractivity contribution in [2.45, 2.75) is 13.8 Å². The molecule has 0 aliphatic heterocycles. The molecule has 0 bridgehead atoms. The summed E-state index contributed by atoms with van der Waals surface area (Å²) in [6, 6.07) is 4.33. The summed E-state index contributed by atoms with van der Waals surface area (Å²) < 4.78 is 28.4. The first-order valence-corrected chi connectivity index (χ1v) is 6.83. The zero-order valence-corrected chi connectivity index (χ0v) is 12.4. The zero-order chi connectivity index (χ0) is 16.7. The van der Waals surface area contributed by atoms with Gasteiger partial charge < -0.3 is 5.11 Å². The number of pyridine rings is 2. The molecule has 4 nitrogen and oxygen atoms in total. The Morgan fingerprint density at radius 1 is 1.09 bits per heavy atom. The molecule has 0 saturated heterocycles. The van der Waals surface area contributed by atoms with E-state index in [0.29, 0.717) is 27.7 Å². The topological polar surface area (TPSA) is 63.1 Å². The van der Waals surface area contributed by atoms with Crippen LogP contribution < -0.4 is 0 Å².